The fourth-order valence-corrected chi connectivity index (χ4v) is 3.80. The zero-order valence-electron chi connectivity index (χ0n) is 14.1. The Morgan fingerprint density at radius 1 is 1.30 bits per heavy atom. The van der Waals surface area contributed by atoms with Gasteiger partial charge < -0.3 is 15.0 Å². The lowest BCUT2D eigenvalue weighted by Crippen LogP contribution is -2.38. The predicted molar refractivity (Wildman–Crippen MR) is 91.8 cm³/mol. The number of amides is 1. The third-order valence-electron chi connectivity index (χ3n) is 5.34. The Hall–Kier alpha value is -1.55. The molecule has 1 unspecified atom stereocenters. The van der Waals surface area contributed by atoms with Gasteiger partial charge in [-0.05, 0) is 68.3 Å². The molecular formula is C19H28N2O2. The van der Waals surface area contributed by atoms with Gasteiger partial charge in [0.15, 0.2) is 0 Å². The standard InChI is InChI=1S/C19H28N2O2/c1-23-18-4-2-3-17(13-18)16-8-11-21(12-9-16)19(22)6-5-15-7-10-20-14-15/h2-4,13,15-16,20H,5-12,14H2,1H3. The summed E-state index contributed by atoms with van der Waals surface area (Å²) < 4.78 is 5.32. The predicted octanol–water partition coefficient (Wildman–Crippen LogP) is 2.79. The number of hydrogen-bond acceptors (Lipinski definition) is 3. The van der Waals surface area contributed by atoms with Gasteiger partial charge in [-0.1, -0.05) is 12.1 Å². The highest BCUT2D eigenvalue weighted by Gasteiger charge is 2.25. The number of piperidine rings is 1. The van der Waals surface area contributed by atoms with Gasteiger partial charge in [-0.2, -0.15) is 0 Å². The van der Waals surface area contributed by atoms with E-state index >= 15 is 0 Å². The quantitative estimate of drug-likeness (QED) is 0.908. The largest absolute Gasteiger partial charge is 0.497 e. The van der Waals surface area contributed by atoms with Gasteiger partial charge in [0.1, 0.15) is 5.75 Å². The van der Waals surface area contributed by atoms with Gasteiger partial charge in [-0.15, -0.1) is 0 Å². The van der Waals surface area contributed by atoms with Crippen LogP contribution in [0, 0.1) is 5.92 Å². The van der Waals surface area contributed by atoms with Crippen LogP contribution in [0.3, 0.4) is 0 Å². The van der Waals surface area contributed by atoms with Crippen LogP contribution in [0.4, 0.5) is 0 Å². The smallest absolute Gasteiger partial charge is 0.222 e. The summed E-state index contributed by atoms with van der Waals surface area (Å²) in [4.78, 5) is 14.5. The van der Waals surface area contributed by atoms with Gasteiger partial charge in [-0.3, -0.25) is 4.79 Å². The van der Waals surface area contributed by atoms with Crippen LogP contribution in [0.5, 0.6) is 5.75 Å². The highest BCUT2D eigenvalue weighted by molar-refractivity contribution is 5.76. The van der Waals surface area contributed by atoms with Crippen LogP contribution in [0.15, 0.2) is 24.3 Å². The van der Waals surface area contributed by atoms with Gasteiger partial charge >= 0.3 is 0 Å². The maximum Gasteiger partial charge on any atom is 0.222 e. The monoisotopic (exact) mass is 316 g/mol. The van der Waals surface area contributed by atoms with E-state index < -0.39 is 0 Å². The number of nitrogens with one attached hydrogen (secondary N) is 1. The Morgan fingerprint density at radius 3 is 2.83 bits per heavy atom. The van der Waals surface area contributed by atoms with Crippen LogP contribution in [-0.2, 0) is 4.79 Å². The van der Waals surface area contributed by atoms with Gasteiger partial charge in [0.2, 0.25) is 5.91 Å². The van der Waals surface area contributed by atoms with Crippen molar-refractivity contribution in [3.05, 3.63) is 29.8 Å². The Morgan fingerprint density at radius 2 is 2.13 bits per heavy atom. The molecule has 23 heavy (non-hydrogen) atoms. The molecule has 1 amide bonds. The number of rotatable bonds is 5. The van der Waals surface area contributed by atoms with E-state index in [4.69, 9.17) is 4.74 Å². The molecule has 2 aliphatic rings. The molecule has 1 aromatic rings. The molecule has 1 N–H and O–H groups in total. The molecule has 2 fully saturated rings. The van der Waals surface area contributed by atoms with Gasteiger partial charge in [0.05, 0.1) is 7.11 Å². The maximum absolute atomic E-state index is 12.4. The highest BCUT2D eigenvalue weighted by atomic mass is 16.5. The molecule has 4 heteroatoms. The summed E-state index contributed by atoms with van der Waals surface area (Å²) in [5.41, 5.74) is 1.34. The van der Waals surface area contributed by atoms with Gasteiger partial charge in [0, 0.05) is 19.5 Å². The molecule has 0 spiro atoms. The van der Waals surface area contributed by atoms with Crippen molar-refractivity contribution >= 4 is 5.91 Å². The first-order chi connectivity index (χ1) is 11.3. The normalized spacial score (nSPS) is 22.3. The summed E-state index contributed by atoms with van der Waals surface area (Å²) in [6, 6.07) is 8.36. The molecule has 0 saturated carbocycles. The summed E-state index contributed by atoms with van der Waals surface area (Å²) in [6.45, 7) is 3.99. The van der Waals surface area contributed by atoms with Crippen LogP contribution < -0.4 is 10.1 Å². The minimum absolute atomic E-state index is 0.348. The molecule has 2 heterocycles. The number of hydrogen-bond donors (Lipinski definition) is 1. The van der Waals surface area contributed by atoms with E-state index in [1.54, 1.807) is 7.11 Å². The number of methoxy groups -OCH3 is 1. The molecule has 4 nitrogen and oxygen atoms in total. The van der Waals surface area contributed by atoms with Crippen LogP contribution in [-0.4, -0.2) is 44.1 Å². The first-order valence-electron chi connectivity index (χ1n) is 8.88. The summed E-state index contributed by atoms with van der Waals surface area (Å²) in [6.07, 6.45) is 5.11. The summed E-state index contributed by atoms with van der Waals surface area (Å²) in [5, 5.41) is 3.37. The Balaban J connectivity index is 1.46. The summed E-state index contributed by atoms with van der Waals surface area (Å²) in [7, 11) is 1.71. The lowest BCUT2D eigenvalue weighted by molar-refractivity contribution is -0.132. The number of benzene rings is 1. The minimum Gasteiger partial charge on any atom is -0.497 e. The molecule has 0 bridgehead atoms. The van der Waals surface area contributed by atoms with E-state index in [-0.39, 0.29) is 0 Å². The number of carbonyl (C=O) groups excluding carboxylic acids is 1. The molecule has 1 aromatic carbocycles. The Labute approximate surface area is 139 Å². The molecule has 0 aliphatic carbocycles. The van der Waals surface area contributed by atoms with Crippen molar-refractivity contribution in [2.75, 3.05) is 33.3 Å². The highest BCUT2D eigenvalue weighted by Crippen LogP contribution is 2.30. The Kier molecular flexibility index (Phi) is 5.55. The van der Waals surface area contributed by atoms with Crippen molar-refractivity contribution < 1.29 is 9.53 Å². The molecule has 0 aromatic heterocycles. The molecular weight excluding hydrogens is 288 g/mol. The zero-order valence-corrected chi connectivity index (χ0v) is 14.1. The van der Waals surface area contributed by atoms with Gasteiger partial charge in [0.25, 0.3) is 0 Å². The van der Waals surface area contributed by atoms with Crippen molar-refractivity contribution in [3.63, 3.8) is 0 Å². The summed E-state index contributed by atoms with van der Waals surface area (Å²) >= 11 is 0. The van der Waals surface area contributed by atoms with Crippen LogP contribution in [0.1, 0.15) is 43.6 Å². The van der Waals surface area contributed by atoms with Crippen molar-refractivity contribution in [2.45, 2.75) is 38.0 Å². The number of likely N-dealkylation sites (tertiary alicyclic amines) is 1. The molecule has 2 aliphatic heterocycles. The van der Waals surface area contributed by atoms with Crippen LogP contribution >= 0.6 is 0 Å². The topological polar surface area (TPSA) is 41.6 Å². The number of nitrogens with zero attached hydrogens (tertiary/aromatic N) is 1. The second-order valence-electron chi connectivity index (χ2n) is 6.83. The van der Waals surface area contributed by atoms with Crippen LogP contribution in [0.2, 0.25) is 0 Å². The van der Waals surface area contributed by atoms with E-state index in [9.17, 15) is 4.79 Å². The lowest BCUT2D eigenvalue weighted by atomic mass is 9.89. The van der Waals surface area contributed by atoms with Crippen LogP contribution in [0.25, 0.3) is 0 Å². The third kappa shape index (κ3) is 4.25. The maximum atomic E-state index is 12.4. The van der Waals surface area contributed by atoms with E-state index in [0.717, 1.165) is 57.6 Å². The van der Waals surface area contributed by atoms with Crippen molar-refractivity contribution in [1.82, 2.24) is 10.2 Å². The molecule has 2 saturated heterocycles. The van der Waals surface area contributed by atoms with E-state index in [2.05, 4.69) is 28.4 Å². The fourth-order valence-electron chi connectivity index (χ4n) is 3.80. The van der Waals surface area contributed by atoms with E-state index in [0.29, 0.717) is 17.7 Å². The SMILES string of the molecule is COc1cccc(C2CCN(C(=O)CCC3CCNC3)CC2)c1. The average molecular weight is 316 g/mol. The first-order valence-corrected chi connectivity index (χ1v) is 8.88. The zero-order chi connectivity index (χ0) is 16.1. The summed E-state index contributed by atoms with van der Waals surface area (Å²) in [5.74, 6) is 2.52. The lowest BCUT2D eigenvalue weighted by Gasteiger charge is -2.32. The van der Waals surface area contributed by atoms with Crippen molar-refractivity contribution in [3.8, 4) is 5.75 Å². The molecule has 126 valence electrons. The van der Waals surface area contributed by atoms with E-state index in [1.807, 2.05) is 6.07 Å². The first kappa shape index (κ1) is 16.3. The number of ether oxygens (including phenoxy) is 1. The molecule has 1 atom stereocenters. The van der Waals surface area contributed by atoms with Gasteiger partial charge in [-0.25, -0.2) is 0 Å². The fraction of sp³-hybridized carbons (Fsp3) is 0.632. The third-order valence-corrected chi connectivity index (χ3v) is 5.34. The van der Waals surface area contributed by atoms with Crippen molar-refractivity contribution in [2.24, 2.45) is 5.92 Å². The van der Waals surface area contributed by atoms with E-state index in [1.165, 1.54) is 12.0 Å². The molecule has 0 radical (unpaired) electrons. The number of carbonyl (C=O) groups is 1. The second kappa shape index (κ2) is 7.82. The minimum atomic E-state index is 0.348. The average Bonchev–Trinajstić information content (AvgIpc) is 3.13. The Bertz CT molecular complexity index is 518. The molecule has 3 rings (SSSR count). The van der Waals surface area contributed by atoms with Crippen molar-refractivity contribution in [1.29, 1.82) is 0 Å². The second-order valence-corrected chi connectivity index (χ2v) is 6.83.